The molecule has 0 fully saturated rings. The first-order valence-electron chi connectivity index (χ1n) is 8.20. The molecule has 0 aliphatic rings. The molecule has 9 nitrogen and oxygen atoms in total. The molecule has 1 atom stereocenters. The number of hydrogen-bond acceptors (Lipinski definition) is 6. The summed E-state index contributed by atoms with van der Waals surface area (Å²) in [6.07, 6.45) is 4.41. The van der Waals surface area contributed by atoms with Crippen molar-refractivity contribution in [1.29, 1.82) is 0 Å². The second-order valence-corrected chi connectivity index (χ2v) is 5.67. The van der Waals surface area contributed by atoms with E-state index in [1.807, 2.05) is 0 Å². The zero-order chi connectivity index (χ0) is 19.8. The maximum atomic E-state index is 12.8. The Balaban J connectivity index is 2.19. The van der Waals surface area contributed by atoms with Crippen LogP contribution in [0.3, 0.4) is 0 Å². The summed E-state index contributed by atoms with van der Waals surface area (Å²) in [6.45, 7) is 2.96. The van der Waals surface area contributed by atoms with Crippen molar-refractivity contribution in [3.63, 3.8) is 0 Å². The second kappa shape index (κ2) is 9.27. The summed E-state index contributed by atoms with van der Waals surface area (Å²) in [5.41, 5.74) is 0.257. The van der Waals surface area contributed by atoms with Gasteiger partial charge in [-0.3, -0.25) is 14.6 Å². The van der Waals surface area contributed by atoms with Gasteiger partial charge in [0.1, 0.15) is 11.8 Å². The van der Waals surface area contributed by atoms with Gasteiger partial charge in [0.2, 0.25) is 11.8 Å². The third-order valence-corrected chi connectivity index (χ3v) is 3.66. The van der Waals surface area contributed by atoms with E-state index >= 15 is 0 Å². The minimum Gasteiger partial charge on any atom is -0.480 e. The molecular formula is C18H20N4O5. The zero-order valence-electron chi connectivity index (χ0n) is 15.0. The molecule has 2 amide bonds. The number of hydrogen-bond donors (Lipinski definition) is 2. The molecule has 1 aromatic heterocycles. The van der Waals surface area contributed by atoms with Gasteiger partial charge in [-0.05, 0) is 25.1 Å². The van der Waals surface area contributed by atoms with Crippen LogP contribution >= 0.6 is 0 Å². The third kappa shape index (κ3) is 5.77. The molecule has 2 N–H and O–H groups in total. The van der Waals surface area contributed by atoms with Gasteiger partial charge < -0.3 is 20.1 Å². The third-order valence-electron chi connectivity index (χ3n) is 3.66. The van der Waals surface area contributed by atoms with Crippen LogP contribution in [0.15, 0.2) is 42.9 Å². The van der Waals surface area contributed by atoms with Gasteiger partial charge in [-0.15, -0.1) is 0 Å². The Morgan fingerprint density at radius 1 is 1.30 bits per heavy atom. The van der Waals surface area contributed by atoms with Crippen LogP contribution in [0.25, 0.3) is 0 Å². The molecule has 0 radical (unpaired) electrons. The summed E-state index contributed by atoms with van der Waals surface area (Å²) in [4.78, 5) is 44.3. The highest BCUT2D eigenvalue weighted by Crippen LogP contribution is 2.21. The standard InChI is InChI=1S/C18H20N4O5/c1-12(18(25)26)22(9-8-20-13(2)23)17(24)14-4-3-5-15(10-14)27-16-11-19-6-7-21-16/h3-7,10-12H,8-9H2,1-2H3,(H,20,23)(H,25,26). The fourth-order valence-electron chi connectivity index (χ4n) is 2.27. The molecule has 2 aromatic rings. The van der Waals surface area contributed by atoms with Gasteiger partial charge in [0, 0.05) is 38.0 Å². The summed E-state index contributed by atoms with van der Waals surface area (Å²) in [5, 5.41) is 11.8. The first kappa shape index (κ1) is 19.8. The normalized spacial score (nSPS) is 11.3. The van der Waals surface area contributed by atoms with Gasteiger partial charge in [0.25, 0.3) is 5.91 Å². The fourth-order valence-corrected chi connectivity index (χ4v) is 2.27. The lowest BCUT2D eigenvalue weighted by Gasteiger charge is -2.26. The van der Waals surface area contributed by atoms with Crippen LogP contribution < -0.4 is 10.1 Å². The fraction of sp³-hybridized carbons (Fsp3) is 0.278. The number of carbonyl (C=O) groups is 3. The Kier molecular flexibility index (Phi) is 6.81. The Morgan fingerprint density at radius 2 is 2.07 bits per heavy atom. The van der Waals surface area contributed by atoms with Crippen molar-refractivity contribution in [3.05, 3.63) is 48.4 Å². The largest absolute Gasteiger partial charge is 0.480 e. The summed E-state index contributed by atoms with van der Waals surface area (Å²) >= 11 is 0. The smallest absolute Gasteiger partial charge is 0.326 e. The second-order valence-electron chi connectivity index (χ2n) is 5.67. The molecule has 142 valence electrons. The van der Waals surface area contributed by atoms with E-state index in [-0.39, 0.29) is 30.4 Å². The van der Waals surface area contributed by atoms with Gasteiger partial charge in [-0.2, -0.15) is 0 Å². The lowest BCUT2D eigenvalue weighted by atomic mass is 10.1. The van der Waals surface area contributed by atoms with Crippen molar-refractivity contribution >= 4 is 17.8 Å². The monoisotopic (exact) mass is 372 g/mol. The van der Waals surface area contributed by atoms with Crippen LogP contribution in [-0.2, 0) is 9.59 Å². The summed E-state index contributed by atoms with van der Waals surface area (Å²) in [7, 11) is 0. The highest BCUT2D eigenvalue weighted by molar-refractivity contribution is 5.97. The minimum atomic E-state index is -1.14. The molecule has 1 aromatic carbocycles. The van der Waals surface area contributed by atoms with E-state index in [0.717, 1.165) is 0 Å². The Bertz CT molecular complexity index is 812. The number of ether oxygens (including phenoxy) is 1. The van der Waals surface area contributed by atoms with E-state index in [4.69, 9.17) is 4.74 Å². The van der Waals surface area contributed by atoms with Crippen molar-refractivity contribution in [2.75, 3.05) is 13.1 Å². The van der Waals surface area contributed by atoms with E-state index in [1.165, 1.54) is 43.4 Å². The number of nitrogens with one attached hydrogen (secondary N) is 1. The maximum absolute atomic E-state index is 12.8. The van der Waals surface area contributed by atoms with Gasteiger partial charge >= 0.3 is 5.97 Å². The van der Waals surface area contributed by atoms with Crippen molar-refractivity contribution in [1.82, 2.24) is 20.2 Å². The molecule has 0 aliphatic carbocycles. The van der Waals surface area contributed by atoms with E-state index in [9.17, 15) is 19.5 Å². The number of carboxylic acid groups (broad SMARTS) is 1. The average molecular weight is 372 g/mol. The average Bonchev–Trinajstić information content (AvgIpc) is 2.65. The van der Waals surface area contributed by atoms with Crippen LogP contribution in [0.4, 0.5) is 0 Å². The lowest BCUT2D eigenvalue weighted by Crippen LogP contribution is -2.46. The van der Waals surface area contributed by atoms with Crippen molar-refractivity contribution in [2.24, 2.45) is 0 Å². The highest BCUT2D eigenvalue weighted by Gasteiger charge is 2.26. The van der Waals surface area contributed by atoms with Crippen LogP contribution in [0.5, 0.6) is 11.6 Å². The van der Waals surface area contributed by atoms with E-state index in [2.05, 4.69) is 15.3 Å². The number of aliphatic carboxylic acids is 1. The highest BCUT2D eigenvalue weighted by atomic mass is 16.5. The number of aromatic nitrogens is 2. The number of rotatable bonds is 8. The molecule has 9 heteroatoms. The Hall–Kier alpha value is -3.49. The van der Waals surface area contributed by atoms with Crippen LogP contribution in [0.2, 0.25) is 0 Å². The molecule has 0 bridgehead atoms. The Morgan fingerprint density at radius 3 is 2.70 bits per heavy atom. The topological polar surface area (TPSA) is 122 Å². The lowest BCUT2D eigenvalue weighted by molar-refractivity contribution is -0.141. The van der Waals surface area contributed by atoms with Crippen molar-refractivity contribution in [3.8, 4) is 11.6 Å². The van der Waals surface area contributed by atoms with Crippen LogP contribution in [0, 0.1) is 0 Å². The van der Waals surface area contributed by atoms with Gasteiger partial charge in [0.15, 0.2) is 0 Å². The molecule has 0 saturated carbocycles. The molecule has 1 unspecified atom stereocenters. The van der Waals surface area contributed by atoms with Crippen LogP contribution in [0.1, 0.15) is 24.2 Å². The number of amides is 2. The molecule has 0 spiro atoms. The Labute approximate surface area is 156 Å². The van der Waals surface area contributed by atoms with Crippen LogP contribution in [-0.4, -0.2) is 56.9 Å². The van der Waals surface area contributed by atoms with Gasteiger partial charge in [0.05, 0.1) is 6.20 Å². The molecule has 1 heterocycles. The molecule has 2 rings (SSSR count). The van der Waals surface area contributed by atoms with Gasteiger partial charge in [-0.25, -0.2) is 9.78 Å². The quantitative estimate of drug-likeness (QED) is 0.716. The van der Waals surface area contributed by atoms with Gasteiger partial charge in [-0.1, -0.05) is 6.07 Å². The number of carboxylic acids is 1. The molecule has 0 saturated heterocycles. The predicted octanol–water partition coefficient (Wildman–Crippen LogP) is 1.32. The molecular weight excluding hydrogens is 352 g/mol. The predicted molar refractivity (Wildman–Crippen MR) is 95.4 cm³/mol. The van der Waals surface area contributed by atoms with E-state index < -0.39 is 17.9 Å². The first-order valence-corrected chi connectivity index (χ1v) is 8.20. The SMILES string of the molecule is CC(=O)NCCN(C(=O)c1cccc(Oc2cnccn2)c1)C(C)C(=O)O. The zero-order valence-corrected chi connectivity index (χ0v) is 15.0. The van der Waals surface area contributed by atoms with Crippen molar-refractivity contribution in [2.45, 2.75) is 19.9 Å². The number of nitrogens with zero attached hydrogens (tertiary/aromatic N) is 3. The maximum Gasteiger partial charge on any atom is 0.326 e. The van der Waals surface area contributed by atoms with Crippen molar-refractivity contribution < 1.29 is 24.2 Å². The van der Waals surface area contributed by atoms with E-state index in [1.54, 1.807) is 18.2 Å². The summed E-state index contributed by atoms with van der Waals surface area (Å²) < 4.78 is 5.55. The summed E-state index contributed by atoms with van der Waals surface area (Å²) in [5.74, 6) is -1.25. The molecule has 0 aliphatic heterocycles. The number of carbonyl (C=O) groups excluding carboxylic acids is 2. The number of benzene rings is 1. The summed E-state index contributed by atoms with van der Waals surface area (Å²) in [6, 6.07) is 5.27. The molecule has 27 heavy (non-hydrogen) atoms. The first-order chi connectivity index (χ1) is 12.9. The minimum absolute atomic E-state index is 0.0567. The van der Waals surface area contributed by atoms with E-state index in [0.29, 0.717) is 5.75 Å².